The first-order valence-electron chi connectivity index (χ1n) is 10.8. The fraction of sp³-hybridized carbons (Fsp3) is 0.682. The van der Waals surface area contributed by atoms with Crippen LogP contribution in [0.3, 0.4) is 0 Å². The number of hydrogen-bond donors (Lipinski definition) is 2. The van der Waals surface area contributed by atoms with Crippen LogP contribution in [0.25, 0.3) is 0 Å². The summed E-state index contributed by atoms with van der Waals surface area (Å²) in [4.78, 5) is 4.75. The van der Waals surface area contributed by atoms with Gasteiger partial charge in [0.1, 0.15) is 5.75 Å². The van der Waals surface area contributed by atoms with Gasteiger partial charge in [-0.05, 0) is 51.5 Å². The molecule has 0 spiro atoms. The van der Waals surface area contributed by atoms with E-state index in [1.807, 2.05) is 6.07 Å². The molecule has 1 saturated carbocycles. The monoisotopic (exact) mass is 517 g/mol. The summed E-state index contributed by atoms with van der Waals surface area (Å²) < 4.78 is 17.4. The van der Waals surface area contributed by atoms with Crippen molar-refractivity contribution >= 4 is 29.9 Å². The van der Waals surface area contributed by atoms with Crippen LogP contribution in [0, 0.1) is 0 Å². The van der Waals surface area contributed by atoms with Crippen LogP contribution in [-0.4, -0.2) is 51.1 Å². The van der Waals surface area contributed by atoms with Crippen LogP contribution in [0.4, 0.5) is 0 Å². The van der Waals surface area contributed by atoms with Crippen molar-refractivity contribution in [3.63, 3.8) is 0 Å². The second kappa shape index (κ2) is 14.0. The van der Waals surface area contributed by atoms with E-state index in [0.717, 1.165) is 75.9 Å². The normalized spacial score (nSPS) is 19.8. The molecule has 29 heavy (non-hydrogen) atoms. The Hall–Kier alpha value is -1.06. The van der Waals surface area contributed by atoms with Gasteiger partial charge in [0.2, 0.25) is 0 Å². The quantitative estimate of drug-likeness (QED) is 0.214. The van der Waals surface area contributed by atoms with Crippen LogP contribution in [0.1, 0.15) is 51.0 Å². The zero-order chi connectivity index (χ0) is 19.4. The highest BCUT2D eigenvalue weighted by atomic mass is 127. The largest absolute Gasteiger partial charge is 0.490 e. The second-order valence-electron chi connectivity index (χ2n) is 7.46. The first-order chi connectivity index (χ1) is 13.8. The average Bonchev–Trinajstić information content (AvgIpc) is 3.41. The summed E-state index contributed by atoms with van der Waals surface area (Å²) >= 11 is 0. The van der Waals surface area contributed by atoms with Gasteiger partial charge in [-0.2, -0.15) is 0 Å². The van der Waals surface area contributed by atoms with E-state index >= 15 is 0 Å². The molecule has 1 aromatic rings. The third-order valence-corrected chi connectivity index (χ3v) is 5.18. The number of nitrogens with one attached hydrogen (secondary N) is 2. The number of nitrogens with zero attached hydrogens (tertiary/aromatic N) is 1. The van der Waals surface area contributed by atoms with E-state index in [1.54, 1.807) is 0 Å². The second-order valence-corrected chi connectivity index (χ2v) is 7.46. The highest BCUT2D eigenvalue weighted by Crippen LogP contribution is 2.27. The lowest BCUT2D eigenvalue weighted by Crippen LogP contribution is -2.38. The molecule has 1 heterocycles. The van der Waals surface area contributed by atoms with Gasteiger partial charge >= 0.3 is 0 Å². The summed E-state index contributed by atoms with van der Waals surface area (Å²) in [6.45, 7) is 6.66. The molecule has 2 N–H and O–H groups in total. The van der Waals surface area contributed by atoms with Crippen molar-refractivity contribution in [3.8, 4) is 5.75 Å². The molecule has 2 aliphatic rings. The van der Waals surface area contributed by atoms with E-state index in [1.165, 1.54) is 12.8 Å². The molecule has 0 radical (unpaired) electrons. The minimum atomic E-state index is 0. The topological polar surface area (TPSA) is 64.1 Å². The van der Waals surface area contributed by atoms with Crippen molar-refractivity contribution in [3.05, 3.63) is 29.8 Å². The zero-order valence-corrected chi connectivity index (χ0v) is 19.9. The zero-order valence-electron chi connectivity index (χ0n) is 17.5. The smallest absolute Gasteiger partial charge is 0.191 e. The minimum absolute atomic E-state index is 0. The van der Waals surface area contributed by atoms with Crippen LogP contribution in [0.15, 0.2) is 29.3 Å². The number of hydrogen-bond acceptors (Lipinski definition) is 4. The molecule has 1 unspecified atom stereocenters. The molecule has 1 aromatic carbocycles. The first-order valence-corrected chi connectivity index (χ1v) is 10.8. The van der Waals surface area contributed by atoms with Gasteiger partial charge in [0.25, 0.3) is 0 Å². The van der Waals surface area contributed by atoms with E-state index in [-0.39, 0.29) is 30.1 Å². The Bertz CT molecular complexity index is 603. The van der Waals surface area contributed by atoms with Gasteiger partial charge in [0, 0.05) is 31.9 Å². The van der Waals surface area contributed by atoms with Gasteiger partial charge in [-0.1, -0.05) is 18.2 Å². The van der Waals surface area contributed by atoms with Crippen LogP contribution in [0.5, 0.6) is 5.75 Å². The maximum Gasteiger partial charge on any atom is 0.191 e. The molecule has 0 amide bonds. The van der Waals surface area contributed by atoms with Crippen molar-refractivity contribution < 1.29 is 14.2 Å². The van der Waals surface area contributed by atoms with Crippen LogP contribution in [0.2, 0.25) is 0 Å². The van der Waals surface area contributed by atoms with Crippen molar-refractivity contribution in [2.45, 2.75) is 64.2 Å². The molecule has 7 heteroatoms. The van der Waals surface area contributed by atoms with Crippen molar-refractivity contribution in [1.29, 1.82) is 0 Å². The number of rotatable bonds is 10. The minimum Gasteiger partial charge on any atom is -0.490 e. The summed E-state index contributed by atoms with van der Waals surface area (Å²) in [5.41, 5.74) is 1.14. The summed E-state index contributed by atoms with van der Waals surface area (Å²) in [5.74, 6) is 1.81. The molecular formula is C22H36IN3O3. The predicted molar refractivity (Wildman–Crippen MR) is 127 cm³/mol. The lowest BCUT2D eigenvalue weighted by atomic mass is 10.2. The third kappa shape index (κ3) is 8.68. The molecule has 0 bridgehead atoms. The molecule has 1 aliphatic heterocycles. The average molecular weight is 517 g/mol. The fourth-order valence-corrected chi connectivity index (χ4v) is 3.61. The SMILES string of the molecule is CCNC(=NCc1ccccc1OC1CCCC1)NCCCOC1CCOC1.I. The molecule has 6 nitrogen and oxygen atoms in total. The summed E-state index contributed by atoms with van der Waals surface area (Å²) in [5, 5.41) is 6.71. The number of guanidine groups is 1. The predicted octanol–water partition coefficient (Wildman–Crippen LogP) is 3.88. The Morgan fingerprint density at radius 3 is 2.72 bits per heavy atom. The number of para-hydroxylation sites is 1. The number of ether oxygens (including phenoxy) is 3. The van der Waals surface area contributed by atoms with E-state index in [9.17, 15) is 0 Å². The lowest BCUT2D eigenvalue weighted by Gasteiger charge is -2.16. The molecule has 1 atom stereocenters. The first kappa shape index (κ1) is 24.2. The van der Waals surface area contributed by atoms with E-state index < -0.39 is 0 Å². The highest BCUT2D eigenvalue weighted by molar-refractivity contribution is 14.0. The molecule has 3 rings (SSSR count). The van der Waals surface area contributed by atoms with Gasteiger partial charge < -0.3 is 24.8 Å². The maximum absolute atomic E-state index is 6.22. The summed E-state index contributed by atoms with van der Waals surface area (Å²) in [7, 11) is 0. The van der Waals surface area contributed by atoms with Gasteiger partial charge in [0.05, 0.1) is 25.4 Å². The third-order valence-electron chi connectivity index (χ3n) is 5.18. The van der Waals surface area contributed by atoms with Gasteiger partial charge in [-0.3, -0.25) is 0 Å². The van der Waals surface area contributed by atoms with Crippen molar-refractivity contribution in [1.82, 2.24) is 10.6 Å². The Morgan fingerprint density at radius 1 is 1.14 bits per heavy atom. The van der Waals surface area contributed by atoms with E-state index in [2.05, 4.69) is 35.8 Å². The van der Waals surface area contributed by atoms with Crippen LogP contribution >= 0.6 is 24.0 Å². The van der Waals surface area contributed by atoms with Gasteiger partial charge in [-0.25, -0.2) is 4.99 Å². The Kier molecular flexibility index (Phi) is 11.7. The van der Waals surface area contributed by atoms with Crippen molar-refractivity contribution in [2.24, 2.45) is 4.99 Å². The number of aliphatic imine (C=N–C) groups is 1. The molecule has 2 fully saturated rings. The van der Waals surface area contributed by atoms with Crippen molar-refractivity contribution in [2.75, 3.05) is 32.9 Å². The van der Waals surface area contributed by atoms with E-state index in [0.29, 0.717) is 12.6 Å². The number of halogens is 1. The van der Waals surface area contributed by atoms with Gasteiger partial charge in [0.15, 0.2) is 5.96 Å². The van der Waals surface area contributed by atoms with E-state index in [4.69, 9.17) is 19.2 Å². The highest BCUT2D eigenvalue weighted by Gasteiger charge is 2.18. The standard InChI is InChI=1S/C22H35N3O3.HI/c1-2-23-22(24-13-7-14-27-20-12-15-26-17-20)25-16-18-8-3-6-11-21(18)28-19-9-4-5-10-19;/h3,6,8,11,19-20H,2,4-5,7,9-10,12-17H2,1H3,(H2,23,24,25);1H. The van der Waals surface area contributed by atoms with Crippen LogP contribution in [-0.2, 0) is 16.0 Å². The molecule has 1 saturated heterocycles. The summed E-state index contributed by atoms with van der Waals surface area (Å²) in [6.07, 6.45) is 7.48. The Labute approximate surface area is 192 Å². The molecule has 164 valence electrons. The molecular weight excluding hydrogens is 481 g/mol. The van der Waals surface area contributed by atoms with Gasteiger partial charge in [-0.15, -0.1) is 24.0 Å². The Balaban J connectivity index is 0.00000300. The van der Waals surface area contributed by atoms with Crippen LogP contribution < -0.4 is 15.4 Å². The Morgan fingerprint density at radius 2 is 1.97 bits per heavy atom. The lowest BCUT2D eigenvalue weighted by molar-refractivity contribution is 0.0420. The molecule has 0 aromatic heterocycles. The summed E-state index contributed by atoms with van der Waals surface area (Å²) in [6, 6.07) is 8.26. The number of benzene rings is 1. The maximum atomic E-state index is 6.22. The fourth-order valence-electron chi connectivity index (χ4n) is 3.61. The molecule has 1 aliphatic carbocycles.